The molecule has 1 aliphatic rings. The van der Waals surface area contributed by atoms with Gasteiger partial charge in [0, 0.05) is 6.54 Å². The fourth-order valence-corrected chi connectivity index (χ4v) is 2.43. The van der Waals surface area contributed by atoms with E-state index in [4.69, 9.17) is 0 Å². The molecule has 0 heterocycles. The lowest BCUT2D eigenvalue weighted by Crippen LogP contribution is -2.50. The van der Waals surface area contributed by atoms with Gasteiger partial charge in [0.05, 0.1) is 5.41 Å². The molecule has 2 rings (SSSR count). The van der Waals surface area contributed by atoms with Crippen molar-refractivity contribution < 1.29 is 9.18 Å². The number of hydrogen-bond acceptors (Lipinski definition) is 1. The van der Waals surface area contributed by atoms with Gasteiger partial charge in [-0.05, 0) is 36.5 Å². The lowest BCUT2D eigenvalue weighted by Gasteiger charge is -2.41. The topological polar surface area (TPSA) is 29.1 Å². The van der Waals surface area contributed by atoms with Crippen LogP contribution in [0.25, 0.3) is 0 Å². The summed E-state index contributed by atoms with van der Waals surface area (Å²) < 4.78 is 13.3. The minimum absolute atomic E-state index is 0.0491. The lowest BCUT2D eigenvalue weighted by atomic mass is 9.63. The summed E-state index contributed by atoms with van der Waals surface area (Å²) in [5.74, 6) is 0.210. The third-order valence-corrected chi connectivity index (χ3v) is 3.69. The zero-order chi connectivity index (χ0) is 13.2. The van der Waals surface area contributed by atoms with Gasteiger partial charge in [0.25, 0.3) is 0 Å². The van der Waals surface area contributed by atoms with E-state index in [9.17, 15) is 9.18 Å². The van der Waals surface area contributed by atoms with Gasteiger partial charge in [-0.1, -0.05) is 32.4 Å². The van der Waals surface area contributed by atoms with Gasteiger partial charge in [-0.25, -0.2) is 4.39 Å². The molecule has 3 heteroatoms. The fourth-order valence-electron chi connectivity index (χ4n) is 2.43. The molecule has 1 amide bonds. The second-order valence-corrected chi connectivity index (χ2v) is 5.55. The van der Waals surface area contributed by atoms with Crippen molar-refractivity contribution >= 4 is 5.91 Å². The molecule has 1 aromatic carbocycles. The highest BCUT2D eigenvalue weighted by Gasteiger charge is 2.45. The Hall–Kier alpha value is -1.38. The molecule has 2 nitrogen and oxygen atoms in total. The van der Waals surface area contributed by atoms with Gasteiger partial charge in [-0.15, -0.1) is 0 Å². The highest BCUT2D eigenvalue weighted by molar-refractivity contribution is 5.89. The molecule has 0 aliphatic heterocycles. The van der Waals surface area contributed by atoms with E-state index >= 15 is 0 Å². The number of hydrogen-bond donors (Lipinski definition) is 1. The normalized spacial score (nSPS) is 17.3. The number of rotatable bonds is 4. The van der Waals surface area contributed by atoms with Crippen LogP contribution < -0.4 is 5.32 Å². The largest absolute Gasteiger partial charge is 0.355 e. The average Bonchev–Trinajstić information content (AvgIpc) is 2.25. The first-order valence-electron chi connectivity index (χ1n) is 6.59. The van der Waals surface area contributed by atoms with E-state index < -0.39 is 5.41 Å². The smallest absolute Gasteiger partial charge is 0.230 e. The number of carbonyl (C=O) groups is 1. The fraction of sp³-hybridized carbons (Fsp3) is 0.533. The Morgan fingerprint density at radius 2 is 2.17 bits per heavy atom. The van der Waals surface area contributed by atoms with Crippen LogP contribution in [0.4, 0.5) is 4.39 Å². The SMILES string of the molecule is CC(C)CNC(=O)C1(c2cccc(F)c2)CCC1. The van der Waals surface area contributed by atoms with Crippen molar-refractivity contribution in [3.8, 4) is 0 Å². The molecule has 1 aromatic rings. The number of halogens is 1. The van der Waals surface area contributed by atoms with Gasteiger partial charge >= 0.3 is 0 Å². The summed E-state index contributed by atoms with van der Waals surface area (Å²) in [4.78, 5) is 12.3. The standard InChI is InChI=1S/C15H20FNO/c1-11(2)10-17-14(18)15(7-4-8-15)12-5-3-6-13(16)9-12/h3,5-6,9,11H,4,7-8,10H2,1-2H3,(H,17,18). The summed E-state index contributed by atoms with van der Waals surface area (Å²) in [7, 11) is 0. The second-order valence-electron chi connectivity index (χ2n) is 5.55. The Morgan fingerprint density at radius 1 is 1.44 bits per heavy atom. The molecule has 1 N–H and O–H groups in total. The Balaban J connectivity index is 2.18. The van der Waals surface area contributed by atoms with Crippen molar-refractivity contribution in [1.29, 1.82) is 0 Å². The van der Waals surface area contributed by atoms with Crippen molar-refractivity contribution in [2.24, 2.45) is 5.92 Å². The van der Waals surface area contributed by atoms with Crippen molar-refractivity contribution in [2.75, 3.05) is 6.54 Å². The molecule has 1 saturated carbocycles. The highest BCUT2D eigenvalue weighted by Crippen LogP contribution is 2.44. The van der Waals surface area contributed by atoms with Gasteiger partial charge in [0.15, 0.2) is 0 Å². The minimum Gasteiger partial charge on any atom is -0.355 e. The number of carbonyl (C=O) groups excluding carboxylic acids is 1. The quantitative estimate of drug-likeness (QED) is 0.873. The molecule has 0 atom stereocenters. The van der Waals surface area contributed by atoms with E-state index in [1.54, 1.807) is 6.07 Å². The second kappa shape index (κ2) is 5.09. The first-order chi connectivity index (χ1) is 8.54. The molecule has 0 saturated heterocycles. The third-order valence-electron chi connectivity index (χ3n) is 3.69. The molecule has 1 fully saturated rings. The molecule has 18 heavy (non-hydrogen) atoms. The van der Waals surface area contributed by atoms with Crippen LogP contribution in [-0.4, -0.2) is 12.5 Å². The van der Waals surface area contributed by atoms with Crippen LogP contribution in [0.2, 0.25) is 0 Å². The van der Waals surface area contributed by atoms with Gasteiger partial charge < -0.3 is 5.32 Å². The number of amides is 1. The van der Waals surface area contributed by atoms with E-state index in [1.165, 1.54) is 12.1 Å². The van der Waals surface area contributed by atoms with Crippen LogP contribution in [0, 0.1) is 11.7 Å². The van der Waals surface area contributed by atoms with Crippen LogP contribution in [-0.2, 0) is 10.2 Å². The van der Waals surface area contributed by atoms with Crippen molar-refractivity contribution in [3.63, 3.8) is 0 Å². The molecule has 0 unspecified atom stereocenters. The van der Waals surface area contributed by atoms with E-state index in [0.717, 1.165) is 24.8 Å². The Kier molecular flexibility index (Phi) is 3.69. The van der Waals surface area contributed by atoms with Gasteiger partial charge in [-0.3, -0.25) is 4.79 Å². The Labute approximate surface area is 108 Å². The summed E-state index contributed by atoms with van der Waals surface area (Å²) >= 11 is 0. The zero-order valence-electron chi connectivity index (χ0n) is 11.0. The number of nitrogens with one attached hydrogen (secondary N) is 1. The van der Waals surface area contributed by atoms with E-state index in [0.29, 0.717) is 12.5 Å². The number of benzene rings is 1. The summed E-state index contributed by atoms with van der Waals surface area (Å²) in [5.41, 5.74) is 0.326. The van der Waals surface area contributed by atoms with Crippen molar-refractivity contribution in [2.45, 2.75) is 38.5 Å². The first-order valence-corrected chi connectivity index (χ1v) is 6.59. The molecule has 0 radical (unpaired) electrons. The average molecular weight is 249 g/mol. The summed E-state index contributed by atoms with van der Waals surface area (Å²) in [6.45, 7) is 4.81. The van der Waals surface area contributed by atoms with Crippen LogP contribution in [0.3, 0.4) is 0 Å². The van der Waals surface area contributed by atoms with Crippen LogP contribution in [0.15, 0.2) is 24.3 Å². The maximum Gasteiger partial charge on any atom is 0.230 e. The van der Waals surface area contributed by atoms with Gasteiger partial charge in [0.2, 0.25) is 5.91 Å². The lowest BCUT2D eigenvalue weighted by molar-refractivity contribution is -0.130. The third kappa shape index (κ3) is 2.40. The summed E-state index contributed by atoms with van der Waals surface area (Å²) in [6, 6.07) is 6.45. The highest BCUT2D eigenvalue weighted by atomic mass is 19.1. The molecule has 98 valence electrons. The molecule has 0 aromatic heterocycles. The Bertz CT molecular complexity index is 438. The molecular weight excluding hydrogens is 229 g/mol. The Morgan fingerprint density at radius 3 is 2.67 bits per heavy atom. The van der Waals surface area contributed by atoms with Crippen LogP contribution in [0.1, 0.15) is 38.7 Å². The zero-order valence-corrected chi connectivity index (χ0v) is 11.0. The predicted octanol–water partition coefficient (Wildman–Crippen LogP) is 3.02. The van der Waals surface area contributed by atoms with E-state index in [2.05, 4.69) is 19.2 Å². The van der Waals surface area contributed by atoms with Crippen LogP contribution in [0.5, 0.6) is 0 Å². The van der Waals surface area contributed by atoms with Crippen molar-refractivity contribution in [1.82, 2.24) is 5.32 Å². The summed E-state index contributed by atoms with van der Waals surface area (Å²) in [5, 5.41) is 2.98. The maximum absolute atomic E-state index is 13.3. The molecular formula is C15H20FNO. The van der Waals surface area contributed by atoms with Crippen molar-refractivity contribution in [3.05, 3.63) is 35.6 Å². The maximum atomic E-state index is 13.3. The van der Waals surface area contributed by atoms with Gasteiger partial charge in [-0.2, -0.15) is 0 Å². The molecule has 1 aliphatic carbocycles. The van der Waals surface area contributed by atoms with E-state index in [-0.39, 0.29) is 11.7 Å². The molecule has 0 bridgehead atoms. The predicted molar refractivity (Wildman–Crippen MR) is 69.8 cm³/mol. The van der Waals surface area contributed by atoms with E-state index in [1.807, 2.05) is 6.07 Å². The minimum atomic E-state index is -0.489. The molecule has 0 spiro atoms. The summed E-state index contributed by atoms with van der Waals surface area (Å²) in [6.07, 6.45) is 2.67. The van der Waals surface area contributed by atoms with Crippen LogP contribution >= 0.6 is 0 Å². The first kappa shape index (κ1) is 13.1. The monoisotopic (exact) mass is 249 g/mol. The van der Waals surface area contributed by atoms with Gasteiger partial charge in [0.1, 0.15) is 5.82 Å².